The molecule has 1 heterocycles. The summed E-state index contributed by atoms with van der Waals surface area (Å²) in [5.74, 6) is 0.481. The third-order valence-electron chi connectivity index (χ3n) is 3.25. The highest BCUT2D eigenvalue weighted by atomic mass is 32.2. The van der Waals surface area contributed by atoms with Gasteiger partial charge in [-0.3, -0.25) is 0 Å². The van der Waals surface area contributed by atoms with Crippen molar-refractivity contribution in [1.29, 1.82) is 5.26 Å². The van der Waals surface area contributed by atoms with Gasteiger partial charge in [-0.05, 0) is 29.8 Å². The zero-order chi connectivity index (χ0) is 14.8. The topological polar surface area (TPSA) is 41.6 Å². The van der Waals surface area contributed by atoms with E-state index in [2.05, 4.69) is 11.1 Å². The van der Waals surface area contributed by atoms with E-state index in [0.29, 0.717) is 11.1 Å². The highest BCUT2D eigenvalue weighted by Gasteiger charge is 2.09. The van der Waals surface area contributed by atoms with Crippen LogP contribution in [0.4, 0.5) is 4.39 Å². The second kappa shape index (κ2) is 5.58. The van der Waals surface area contributed by atoms with Crippen molar-refractivity contribution >= 4 is 22.8 Å². The van der Waals surface area contributed by atoms with E-state index in [0.717, 1.165) is 22.0 Å². The van der Waals surface area contributed by atoms with Crippen LogP contribution in [0, 0.1) is 17.1 Å². The standard InChI is InChI=1S/C16H12FN3S/c1-20-15-7-6-13(17)8-14(15)19-16(20)21-10-12-4-2-11(9-18)3-5-12/h2-8H,10H2,1H3. The lowest BCUT2D eigenvalue weighted by Gasteiger charge is -2.02. The van der Waals surface area contributed by atoms with E-state index >= 15 is 0 Å². The highest BCUT2D eigenvalue weighted by Crippen LogP contribution is 2.26. The quantitative estimate of drug-likeness (QED) is 0.689. The Morgan fingerprint density at radius 3 is 2.71 bits per heavy atom. The summed E-state index contributed by atoms with van der Waals surface area (Å²) >= 11 is 1.59. The van der Waals surface area contributed by atoms with Crippen molar-refractivity contribution in [3.63, 3.8) is 0 Å². The number of fused-ring (bicyclic) bond motifs is 1. The molecule has 0 saturated heterocycles. The molecule has 1 aromatic heterocycles. The van der Waals surface area contributed by atoms with Crippen molar-refractivity contribution in [3.8, 4) is 6.07 Å². The molecular formula is C16H12FN3S. The molecule has 0 amide bonds. The van der Waals surface area contributed by atoms with Crippen LogP contribution >= 0.6 is 11.8 Å². The summed E-state index contributed by atoms with van der Waals surface area (Å²) in [5.41, 5.74) is 3.36. The van der Waals surface area contributed by atoms with Crippen LogP contribution in [0.2, 0.25) is 0 Å². The van der Waals surface area contributed by atoms with Crippen LogP contribution in [0.5, 0.6) is 0 Å². The second-order valence-electron chi connectivity index (χ2n) is 4.68. The van der Waals surface area contributed by atoms with Gasteiger partial charge in [-0.2, -0.15) is 5.26 Å². The second-order valence-corrected chi connectivity index (χ2v) is 5.63. The number of hydrogen-bond donors (Lipinski definition) is 0. The molecule has 0 saturated carbocycles. The molecule has 0 unspecified atom stereocenters. The van der Waals surface area contributed by atoms with Crippen LogP contribution in [-0.2, 0) is 12.8 Å². The van der Waals surface area contributed by atoms with Crippen LogP contribution in [0.3, 0.4) is 0 Å². The van der Waals surface area contributed by atoms with Crippen molar-refractivity contribution < 1.29 is 4.39 Å². The first-order valence-corrected chi connectivity index (χ1v) is 7.40. The summed E-state index contributed by atoms with van der Waals surface area (Å²) < 4.78 is 15.2. The molecule has 2 aromatic carbocycles. The fourth-order valence-corrected chi connectivity index (χ4v) is 3.05. The van der Waals surface area contributed by atoms with Crippen LogP contribution in [0.1, 0.15) is 11.1 Å². The largest absolute Gasteiger partial charge is 0.322 e. The number of nitriles is 1. The zero-order valence-corrected chi connectivity index (χ0v) is 12.2. The first-order valence-electron chi connectivity index (χ1n) is 6.41. The average molecular weight is 297 g/mol. The highest BCUT2D eigenvalue weighted by molar-refractivity contribution is 7.98. The van der Waals surface area contributed by atoms with Gasteiger partial charge in [-0.1, -0.05) is 23.9 Å². The van der Waals surface area contributed by atoms with Crippen LogP contribution in [0.15, 0.2) is 47.6 Å². The molecule has 21 heavy (non-hydrogen) atoms. The van der Waals surface area contributed by atoms with Gasteiger partial charge in [0.1, 0.15) is 5.82 Å². The number of imidazole rings is 1. The molecule has 0 N–H and O–H groups in total. The molecular weight excluding hydrogens is 285 g/mol. The summed E-state index contributed by atoms with van der Waals surface area (Å²) in [6.45, 7) is 0. The molecule has 0 aliphatic carbocycles. The summed E-state index contributed by atoms with van der Waals surface area (Å²) in [6, 6.07) is 14.2. The third-order valence-corrected chi connectivity index (χ3v) is 4.35. The van der Waals surface area contributed by atoms with E-state index in [1.54, 1.807) is 30.0 Å². The van der Waals surface area contributed by atoms with Crippen LogP contribution in [-0.4, -0.2) is 9.55 Å². The van der Waals surface area contributed by atoms with Crippen molar-refractivity contribution in [1.82, 2.24) is 9.55 Å². The summed E-state index contributed by atoms with van der Waals surface area (Å²) in [7, 11) is 1.92. The number of aryl methyl sites for hydroxylation is 1. The van der Waals surface area contributed by atoms with Crippen LogP contribution < -0.4 is 0 Å². The molecule has 0 aliphatic rings. The van der Waals surface area contributed by atoms with Gasteiger partial charge >= 0.3 is 0 Å². The molecule has 0 bridgehead atoms. The minimum absolute atomic E-state index is 0.274. The number of nitrogens with zero attached hydrogens (tertiary/aromatic N) is 3. The Morgan fingerprint density at radius 1 is 1.24 bits per heavy atom. The van der Waals surface area contributed by atoms with E-state index in [1.807, 2.05) is 23.7 Å². The third kappa shape index (κ3) is 2.76. The normalized spacial score (nSPS) is 10.7. The minimum Gasteiger partial charge on any atom is -0.322 e. The number of benzene rings is 2. The fraction of sp³-hybridized carbons (Fsp3) is 0.125. The number of hydrogen-bond acceptors (Lipinski definition) is 3. The van der Waals surface area contributed by atoms with Gasteiger partial charge in [0.15, 0.2) is 5.16 Å². The zero-order valence-electron chi connectivity index (χ0n) is 11.4. The predicted octanol–water partition coefficient (Wildman–Crippen LogP) is 3.88. The lowest BCUT2D eigenvalue weighted by Crippen LogP contribution is -1.91. The van der Waals surface area contributed by atoms with Crippen molar-refractivity contribution in [2.24, 2.45) is 7.05 Å². The minimum atomic E-state index is -0.274. The summed E-state index contributed by atoms with van der Waals surface area (Å²) in [5, 5.41) is 9.62. The molecule has 5 heteroatoms. The molecule has 0 fully saturated rings. The Hall–Kier alpha value is -2.32. The Kier molecular flexibility index (Phi) is 3.63. The van der Waals surface area contributed by atoms with Gasteiger partial charge in [-0.15, -0.1) is 0 Å². The first-order chi connectivity index (χ1) is 10.2. The Labute approximate surface area is 126 Å². The van der Waals surface area contributed by atoms with Gasteiger partial charge in [0, 0.05) is 18.9 Å². The SMILES string of the molecule is Cn1c(SCc2ccc(C#N)cc2)nc2cc(F)ccc21. The predicted molar refractivity (Wildman–Crippen MR) is 81.4 cm³/mol. The van der Waals surface area contributed by atoms with E-state index in [-0.39, 0.29) is 5.82 Å². The maximum absolute atomic E-state index is 13.2. The van der Waals surface area contributed by atoms with Gasteiger partial charge in [0.2, 0.25) is 0 Å². The average Bonchev–Trinajstić information content (AvgIpc) is 2.81. The van der Waals surface area contributed by atoms with Crippen molar-refractivity contribution in [3.05, 3.63) is 59.4 Å². The lowest BCUT2D eigenvalue weighted by molar-refractivity contribution is 0.629. The summed E-state index contributed by atoms with van der Waals surface area (Å²) in [6.07, 6.45) is 0. The van der Waals surface area contributed by atoms with E-state index in [9.17, 15) is 4.39 Å². The first kappa shape index (κ1) is 13.7. The Balaban J connectivity index is 1.81. The molecule has 3 nitrogen and oxygen atoms in total. The number of rotatable bonds is 3. The smallest absolute Gasteiger partial charge is 0.169 e. The van der Waals surface area contributed by atoms with E-state index in [4.69, 9.17) is 5.26 Å². The maximum atomic E-state index is 13.2. The Morgan fingerprint density at radius 2 is 2.00 bits per heavy atom. The van der Waals surface area contributed by atoms with Crippen LogP contribution in [0.25, 0.3) is 11.0 Å². The molecule has 0 spiro atoms. The molecule has 0 aliphatic heterocycles. The van der Waals surface area contributed by atoms with Gasteiger partial charge < -0.3 is 4.57 Å². The molecule has 104 valence electrons. The van der Waals surface area contributed by atoms with Crippen molar-refractivity contribution in [2.75, 3.05) is 0 Å². The van der Waals surface area contributed by atoms with E-state index < -0.39 is 0 Å². The molecule has 3 aromatic rings. The number of aromatic nitrogens is 2. The molecule has 0 atom stereocenters. The van der Waals surface area contributed by atoms with Gasteiger partial charge in [0.05, 0.1) is 22.7 Å². The summed E-state index contributed by atoms with van der Waals surface area (Å²) in [4.78, 5) is 4.46. The van der Waals surface area contributed by atoms with Crippen molar-refractivity contribution in [2.45, 2.75) is 10.9 Å². The monoisotopic (exact) mass is 297 g/mol. The maximum Gasteiger partial charge on any atom is 0.169 e. The fourth-order valence-electron chi connectivity index (χ4n) is 2.10. The number of thioether (sulfide) groups is 1. The molecule has 0 radical (unpaired) electrons. The van der Waals surface area contributed by atoms with E-state index in [1.165, 1.54) is 12.1 Å². The molecule has 3 rings (SSSR count). The lowest BCUT2D eigenvalue weighted by atomic mass is 10.2. The number of halogens is 1. The van der Waals surface area contributed by atoms with Gasteiger partial charge in [-0.25, -0.2) is 9.37 Å². The van der Waals surface area contributed by atoms with Gasteiger partial charge in [0.25, 0.3) is 0 Å². The Bertz CT molecular complexity index is 831.